The van der Waals surface area contributed by atoms with Gasteiger partial charge in [0.15, 0.2) is 23.0 Å². The lowest BCUT2D eigenvalue weighted by molar-refractivity contribution is -0.121. The maximum Gasteiger partial charge on any atom is 0.243 e. The van der Waals surface area contributed by atoms with Gasteiger partial charge in [-0.25, -0.2) is 8.42 Å². The summed E-state index contributed by atoms with van der Waals surface area (Å²) in [5.41, 5.74) is 1.28. The molecule has 1 heterocycles. The monoisotopic (exact) mass is 464 g/mol. The fourth-order valence-electron chi connectivity index (χ4n) is 3.49. The van der Waals surface area contributed by atoms with Crippen molar-refractivity contribution in [3.63, 3.8) is 0 Å². The predicted molar refractivity (Wildman–Crippen MR) is 120 cm³/mol. The molecule has 2 aromatic carbocycles. The molecule has 0 fully saturated rings. The maximum atomic E-state index is 12.8. The number of rotatable bonds is 9. The molecule has 10 heteroatoms. The largest absolute Gasteiger partial charge is 0.493 e. The lowest BCUT2D eigenvalue weighted by Gasteiger charge is -2.29. The minimum Gasteiger partial charge on any atom is -0.493 e. The Hall–Kier alpha value is -3.14. The van der Waals surface area contributed by atoms with Crippen molar-refractivity contribution in [3.8, 4) is 23.0 Å². The van der Waals surface area contributed by atoms with E-state index in [1.54, 1.807) is 45.4 Å². The van der Waals surface area contributed by atoms with Crippen LogP contribution in [0.3, 0.4) is 0 Å². The van der Waals surface area contributed by atoms with Gasteiger partial charge in [0.05, 0.1) is 26.2 Å². The van der Waals surface area contributed by atoms with Crippen molar-refractivity contribution < 1.29 is 32.2 Å². The molecule has 32 heavy (non-hydrogen) atoms. The molecule has 0 bridgehead atoms. The van der Waals surface area contributed by atoms with Gasteiger partial charge < -0.3 is 24.3 Å². The standard InChI is InChI=1S/C22H28N2O7S/c1-15(22(25)23-10-9-16-5-7-18(28-2)20(13-16)29-3)24(32(4,26)27)17-6-8-19-21(14-17)31-12-11-30-19/h5-8,13-15H,9-12H2,1-4H3,(H,23,25)/t15-/m1/s1. The fraction of sp³-hybridized carbons (Fsp3) is 0.409. The van der Waals surface area contributed by atoms with Gasteiger partial charge in [-0.1, -0.05) is 6.07 Å². The first-order valence-corrected chi connectivity index (χ1v) is 12.0. The Kier molecular flexibility index (Phi) is 7.34. The maximum absolute atomic E-state index is 12.8. The van der Waals surface area contributed by atoms with Crippen LogP contribution >= 0.6 is 0 Å². The summed E-state index contributed by atoms with van der Waals surface area (Å²) < 4.78 is 47.7. The lowest BCUT2D eigenvalue weighted by Crippen LogP contribution is -2.48. The van der Waals surface area contributed by atoms with Crippen LogP contribution in [0.25, 0.3) is 0 Å². The van der Waals surface area contributed by atoms with E-state index in [-0.39, 0.29) is 0 Å². The number of carbonyl (C=O) groups is 1. The predicted octanol–water partition coefficient (Wildman–Crippen LogP) is 1.99. The molecule has 1 amide bonds. The highest BCUT2D eigenvalue weighted by Crippen LogP contribution is 2.35. The summed E-state index contributed by atoms with van der Waals surface area (Å²) in [6.07, 6.45) is 1.61. The van der Waals surface area contributed by atoms with Crippen LogP contribution in [0.2, 0.25) is 0 Å². The normalized spacial score (nSPS) is 13.8. The molecule has 1 N–H and O–H groups in total. The number of hydrogen-bond acceptors (Lipinski definition) is 7. The van der Waals surface area contributed by atoms with Gasteiger partial charge in [0.25, 0.3) is 0 Å². The Morgan fingerprint density at radius 2 is 1.75 bits per heavy atom. The number of nitrogens with zero attached hydrogens (tertiary/aromatic N) is 1. The first-order valence-electron chi connectivity index (χ1n) is 10.1. The molecule has 0 saturated heterocycles. The van der Waals surface area contributed by atoms with E-state index in [4.69, 9.17) is 18.9 Å². The summed E-state index contributed by atoms with van der Waals surface area (Å²) in [6, 6.07) is 9.37. The topological polar surface area (TPSA) is 103 Å². The van der Waals surface area contributed by atoms with Crippen LogP contribution in [-0.2, 0) is 21.2 Å². The Morgan fingerprint density at radius 3 is 2.41 bits per heavy atom. The number of methoxy groups -OCH3 is 2. The SMILES string of the molecule is COc1ccc(CCNC(=O)[C@@H](C)N(c2ccc3c(c2)OCCO3)S(C)(=O)=O)cc1OC. The third-order valence-electron chi connectivity index (χ3n) is 5.03. The third kappa shape index (κ3) is 5.37. The number of sulfonamides is 1. The van der Waals surface area contributed by atoms with E-state index in [0.717, 1.165) is 16.1 Å². The van der Waals surface area contributed by atoms with Gasteiger partial charge in [0.2, 0.25) is 15.9 Å². The quantitative estimate of drug-likeness (QED) is 0.605. The van der Waals surface area contributed by atoms with Gasteiger partial charge in [-0.05, 0) is 43.2 Å². The zero-order valence-electron chi connectivity index (χ0n) is 18.6. The smallest absolute Gasteiger partial charge is 0.243 e. The van der Waals surface area contributed by atoms with E-state index in [9.17, 15) is 13.2 Å². The zero-order valence-corrected chi connectivity index (χ0v) is 19.4. The number of benzene rings is 2. The van der Waals surface area contributed by atoms with E-state index < -0.39 is 22.0 Å². The highest BCUT2D eigenvalue weighted by atomic mass is 32.2. The molecular weight excluding hydrogens is 436 g/mol. The highest BCUT2D eigenvalue weighted by Gasteiger charge is 2.30. The molecule has 0 saturated carbocycles. The van der Waals surface area contributed by atoms with E-state index in [1.807, 2.05) is 12.1 Å². The van der Waals surface area contributed by atoms with Gasteiger partial charge in [0, 0.05) is 12.6 Å². The Balaban J connectivity index is 1.69. The molecule has 1 aliphatic heterocycles. The first-order chi connectivity index (χ1) is 15.2. The van der Waals surface area contributed by atoms with Gasteiger partial charge >= 0.3 is 0 Å². The zero-order chi connectivity index (χ0) is 23.3. The minimum atomic E-state index is -3.74. The van der Waals surface area contributed by atoms with Crippen molar-refractivity contribution in [2.75, 3.05) is 44.5 Å². The number of amides is 1. The second-order valence-corrected chi connectivity index (χ2v) is 9.15. The van der Waals surface area contributed by atoms with Gasteiger partial charge in [-0.15, -0.1) is 0 Å². The molecule has 0 aliphatic carbocycles. The summed E-state index contributed by atoms with van der Waals surface area (Å²) in [5, 5.41) is 2.81. The van der Waals surface area contributed by atoms with E-state index in [2.05, 4.69) is 5.32 Å². The molecular formula is C22H28N2O7S. The summed E-state index contributed by atoms with van der Waals surface area (Å²) in [7, 11) is -0.615. The molecule has 0 radical (unpaired) electrons. The lowest BCUT2D eigenvalue weighted by atomic mass is 10.1. The van der Waals surface area contributed by atoms with Crippen molar-refractivity contribution in [1.29, 1.82) is 0 Å². The molecule has 0 spiro atoms. The second-order valence-electron chi connectivity index (χ2n) is 7.29. The Bertz CT molecular complexity index is 1070. The van der Waals surface area contributed by atoms with Crippen LogP contribution in [0.1, 0.15) is 12.5 Å². The summed E-state index contributed by atoms with van der Waals surface area (Å²) in [4.78, 5) is 12.8. The highest BCUT2D eigenvalue weighted by molar-refractivity contribution is 7.92. The molecule has 0 aromatic heterocycles. The van der Waals surface area contributed by atoms with Crippen molar-refractivity contribution in [1.82, 2.24) is 5.32 Å². The molecule has 0 unspecified atom stereocenters. The number of fused-ring (bicyclic) bond motifs is 1. The van der Waals surface area contributed by atoms with Crippen LogP contribution in [0, 0.1) is 0 Å². The van der Waals surface area contributed by atoms with E-state index in [0.29, 0.717) is 54.9 Å². The summed E-state index contributed by atoms with van der Waals surface area (Å²) in [6.45, 7) is 2.68. The van der Waals surface area contributed by atoms with Crippen molar-refractivity contribution in [3.05, 3.63) is 42.0 Å². The number of hydrogen-bond donors (Lipinski definition) is 1. The van der Waals surface area contributed by atoms with Crippen LogP contribution in [0.5, 0.6) is 23.0 Å². The first kappa shape index (κ1) is 23.5. The second kappa shape index (κ2) is 9.99. The minimum absolute atomic E-state index is 0.331. The molecule has 9 nitrogen and oxygen atoms in total. The van der Waals surface area contributed by atoms with Crippen LogP contribution in [-0.4, -0.2) is 60.6 Å². The van der Waals surface area contributed by atoms with Crippen LogP contribution < -0.4 is 28.6 Å². The van der Waals surface area contributed by atoms with Gasteiger partial charge in [-0.2, -0.15) is 0 Å². The molecule has 1 atom stereocenters. The average Bonchev–Trinajstić information content (AvgIpc) is 2.77. The van der Waals surface area contributed by atoms with E-state index >= 15 is 0 Å². The van der Waals surface area contributed by atoms with Crippen molar-refractivity contribution >= 4 is 21.6 Å². The fourth-order valence-corrected chi connectivity index (χ4v) is 4.66. The van der Waals surface area contributed by atoms with Crippen LogP contribution in [0.15, 0.2) is 36.4 Å². The summed E-state index contributed by atoms with van der Waals surface area (Å²) in [5.74, 6) is 1.80. The third-order valence-corrected chi connectivity index (χ3v) is 6.27. The number of anilines is 1. The molecule has 1 aliphatic rings. The number of carbonyl (C=O) groups excluding carboxylic acids is 1. The number of nitrogens with one attached hydrogen (secondary N) is 1. The van der Waals surface area contributed by atoms with Gasteiger partial charge in [-0.3, -0.25) is 9.10 Å². The Labute approximate surface area is 188 Å². The van der Waals surface area contributed by atoms with E-state index in [1.165, 1.54) is 0 Å². The molecule has 174 valence electrons. The summed E-state index contributed by atoms with van der Waals surface area (Å²) >= 11 is 0. The van der Waals surface area contributed by atoms with Gasteiger partial charge in [0.1, 0.15) is 19.3 Å². The molecule has 2 aromatic rings. The van der Waals surface area contributed by atoms with Crippen molar-refractivity contribution in [2.45, 2.75) is 19.4 Å². The number of ether oxygens (including phenoxy) is 4. The van der Waals surface area contributed by atoms with Crippen LogP contribution in [0.4, 0.5) is 5.69 Å². The average molecular weight is 465 g/mol. The molecule has 3 rings (SSSR count). The van der Waals surface area contributed by atoms with Crippen molar-refractivity contribution in [2.24, 2.45) is 0 Å². The Morgan fingerprint density at radius 1 is 1.06 bits per heavy atom.